The molecule has 0 aliphatic carbocycles. The Kier molecular flexibility index (Phi) is 11.0. The van der Waals surface area contributed by atoms with E-state index in [0.29, 0.717) is 55.2 Å². The van der Waals surface area contributed by atoms with Crippen molar-refractivity contribution in [2.75, 3.05) is 13.2 Å². The molecule has 2 heterocycles. The summed E-state index contributed by atoms with van der Waals surface area (Å²) in [4.78, 5) is 33.5. The van der Waals surface area contributed by atoms with Crippen LogP contribution in [0.5, 0.6) is 11.5 Å². The zero-order chi connectivity index (χ0) is 35.2. The van der Waals surface area contributed by atoms with Crippen molar-refractivity contribution in [3.05, 3.63) is 167 Å². The van der Waals surface area contributed by atoms with Crippen LogP contribution in [0, 0.1) is 0 Å². The van der Waals surface area contributed by atoms with Gasteiger partial charge in [-0.3, -0.25) is 9.36 Å². The van der Waals surface area contributed by atoms with Crippen molar-refractivity contribution in [3.63, 3.8) is 0 Å². The predicted molar refractivity (Wildman–Crippen MR) is 200 cm³/mol. The lowest BCUT2D eigenvalue weighted by Gasteiger charge is -2.26. The van der Waals surface area contributed by atoms with Gasteiger partial charge in [0.15, 0.2) is 16.3 Å². The average Bonchev–Trinajstić information content (AvgIpc) is 3.42. The van der Waals surface area contributed by atoms with Crippen molar-refractivity contribution >= 4 is 52.3 Å². The molecule has 4 aromatic carbocycles. The van der Waals surface area contributed by atoms with Crippen molar-refractivity contribution in [1.29, 1.82) is 0 Å². The Hall–Kier alpha value is -4.89. The Morgan fingerprint density at radius 1 is 0.940 bits per heavy atom. The highest BCUT2D eigenvalue weighted by atomic mass is 35.5. The van der Waals surface area contributed by atoms with Crippen LogP contribution in [0.15, 0.2) is 119 Å². The van der Waals surface area contributed by atoms with Gasteiger partial charge in [-0.15, -0.1) is 6.58 Å². The van der Waals surface area contributed by atoms with Gasteiger partial charge in [0.1, 0.15) is 6.61 Å². The first-order chi connectivity index (χ1) is 24.3. The number of hydrogen-bond acceptors (Lipinski definition) is 7. The molecule has 1 aliphatic heterocycles. The van der Waals surface area contributed by atoms with Crippen molar-refractivity contribution in [2.24, 2.45) is 4.99 Å². The number of carbonyl (C=O) groups excluding carboxylic acids is 1. The highest BCUT2D eigenvalue weighted by Gasteiger charge is 2.35. The van der Waals surface area contributed by atoms with Gasteiger partial charge in [0.2, 0.25) is 0 Å². The fourth-order valence-electron chi connectivity index (χ4n) is 5.82. The molecule has 10 heteroatoms. The average molecular weight is 726 g/mol. The highest BCUT2D eigenvalue weighted by molar-refractivity contribution is 7.07. The third kappa shape index (κ3) is 7.33. The van der Waals surface area contributed by atoms with E-state index in [2.05, 4.69) is 6.58 Å². The van der Waals surface area contributed by atoms with Crippen molar-refractivity contribution in [2.45, 2.75) is 32.9 Å². The van der Waals surface area contributed by atoms with E-state index in [4.69, 9.17) is 42.4 Å². The topological polar surface area (TPSA) is 79.1 Å². The van der Waals surface area contributed by atoms with Crippen molar-refractivity contribution in [1.82, 2.24) is 4.57 Å². The number of halogens is 2. The lowest BCUT2D eigenvalue weighted by atomic mass is 9.93. The largest absolute Gasteiger partial charge is 0.490 e. The molecule has 0 unspecified atom stereocenters. The SMILES string of the molecule is C=CCc1cc(/C=c2/sc3n(c2=O)[C@@H](c2ccc(Cl)cc2)C(C(=O)OCC)=C(c2ccccc2)N=3)cc(OCC)c1OCc1ccccc1Cl. The first kappa shape index (κ1) is 35.0. The van der Waals surface area contributed by atoms with Crippen LogP contribution in [-0.2, 0) is 22.6 Å². The van der Waals surface area contributed by atoms with Gasteiger partial charge in [-0.05, 0) is 67.8 Å². The van der Waals surface area contributed by atoms with Gasteiger partial charge in [-0.25, -0.2) is 9.79 Å². The van der Waals surface area contributed by atoms with Crippen LogP contribution >= 0.6 is 34.5 Å². The second kappa shape index (κ2) is 15.8. The standard InChI is InChI=1S/C40H34Cl2N2O5S/c1-4-12-28-21-25(22-32(47-5-2)37(28)49-24-29-15-10-11-16-31(29)42)23-33-38(45)44-36(27-17-19-30(41)20-18-27)34(39(46)48-6-3)35(43-40(44)50-33)26-13-8-7-9-14-26/h4,7-11,13-23,36H,1,5-6,12,24H2,2-3H3/b33-23+/t36-/m0/s1. The minimum Gasteiger partial charge on any atom is -0.490 e. The quantitative estimate of drug-likeness (QED) is 0.0965. The van der Waals surface area contributed by atoms with E-state index in [1.54, 1.807) is 29.7 Å². The van der Waals surface area contributed by atoms with Gasteiger partial charge >= 0.3 is 5.97 Å². The Bertz CT molecular complexity index is 2260. The maximum absolute atomic E-state index is 14.4. The predicted octanol–water partition coefficient (Wildman–Crippen LogP) is 7.95. The van der Waals surface area contributed by atoms with Gasteiger partial charge in [-0.2, -0.15) is 0 Å². The zero-order valence-corrected chi connectivity index (χ0v) is 29.9. The third-order valence-corrected chi connectivity index (χ3v) is 9.61. The Balaban J connectivity index is 1.53. The van der Waals surface area contributed by atoms with Gasteiger partial charge < -0.3 is 14.2 Å². The molecule has 254 valence electrons. The summed E-state index contributed by atoms with van der Waals surface area (Å²) >= 11 is 13.9. The second-order valence-electron chi connectivity index (χ2n) is 11.3. The molecule has 50 heavy (non-hydrogen) atoms. The van der Waals surface area contributed by atoms with E-state index in [1.807, 2.05) is 91.9 Å². The number of benzene rings is 4. The smallest absolute Gasteiger partial charge is 0.338 e. The number of rotatable bonds is 12. The van der Waals surface area contributed by atoms with Crippen LogP contribution in [0.4, 0.5) is 0 Å². The van der Waals surface area contributed by atoms with E-state index in [0.717, 1.165) is 22.3 Å². The molecule has 7 nitrogen and oxygen atoms in total. The van der Waals surface area contributed by atoms with E-state index in [9.17, 15) is 9.59 Å². The van der Waals surface area contributed by atoms with Crippen LogP contribution < -0.4 is 24.4 Å². The molecule has 0 radical (unpaired) electrons. The maximum Gasteiger partial charge on any atom is 0.338 e. The zero-order valence-electron chi connectivity index (χ0n) is 27.5. The molecule has 5 aromatic rings. The number of ether oxygens (including phenoxy) is 3. The summed E-state index contributed by atoms with van der Waals surface area (Å²) in [5.41, 5.74) is 4.26. The van der Waals surface area contributed by atoms with Gasteiger partial charge in [0, 0.05) is 26.7 Å². The molecule has 0 saturated carbocycles. The highest BCUT2D eigenvalue weighted by Crippen LogP contribution is 2.37. The molecule has 0 spiro atoms. The summed E-state index contributed by atoms with van der Waals surface area (Å²) in [6, 6.07) is 27.1. The molecule has 1 aromatic heterocycles. The number of aromatic nitrogens is 1. The number of thiazole rings is 1. The molecule has 1 atom stereocenters. The van der Waals surface area contributed by atoms with Gasteiger partial charge in [0.25, 0.3) is 5.56 Å². The molecule has 0 N–H and O–H groups in total. The Labute approximate surface area is 304 Å². The summed E-state index contributed by atoms with van der Waals surface area (Å²) in [7, 11) is 0. The molecular weight excluding hydrogens is 691 g/mol. The van der Waals surface area contributed by atoms with Crippen LogP contribution in [0.2, 0.25) is 10.0 Å². The number of hydrogen-bond donors (Lipinski definition) is 0. The third-order valence-electron chi connectivity index (χ3n) is 8.01. The summed E-state index contributed by atoms with van der Waals surface area (Å²) in [5.74, 6) is 0.569. The summed E-state index contributed by atoms with van der Waals surface area (Å²) in [6.45, 7) is 8.41. The summed E-state index contributed by atoms with van der Waals surface area (Å²) < 4.78 is 19.9. The lowest BCUT2D eigenvalue weighted by molar-refractivity contribution is -0.138. The van der Waals surface area contributed by atoms with Crippen LogP contribution in [0.1, 0.15) is 47.7 Å². The van der Waals surface area contributed by atoms with E-state index in [-0.39, 0.29) is 24.3 Å². The minimum absolute atomic E-state index is 0.162. The number of fused-ring (bicyclic) bond motifs is 1. The normalized spacial score (nSPS) is 14.2. The Morgan fingerprint density at radius 2 is 1.68 bits per heavy atom. The minimum atomic E-state index is -0.809. The monoisotopic (exact) mass is 724 g/mol. The van der Waals surface area contributed by atoms with E-state index < -0.39 is 12.0 Å². The summed E-state index contributed by atoms with van der Waals surface area (Å²) in [5, 5.41) is 1.15. The van der Waals surface area contributed by atoms with Crippen LogP contribution in [0.3, 0.4) is 0 Å². The molecule has 6 rings (SSSR count). The van der Waals surface area contributed by atoms with Gasteiger partial charge in [-0.1, -0.05) is 101 Å². The Morgan fingerprint density at radius 3 is 2.38 bits per heavy atom. The first-order valence-corrected chi connectivity index (χ1v) is 17.7. The first-order valence-electron chi connectivity index (χ1n) is 16.1. The second-order valence-corrected chi connectivity index (χ2v) is 13.1. The molecule has 0 amide bonds. The van der Waals surface area contributed by atoms with Crippen molar-refractivity contribution < 1.29 is 19.0 Å². The van der Waals surface area contributed by atoms with E-state index in [1.165, 1.54) is 11.3 Å². The molecule has 1 aliphatic rings. The molecule has 0 fully saturated rings. The molecule has 0 bridgehead atoms. The van der Waals surface area contributed by atoms with E-state index >= 15 is 0 Å². The number of nitrogens with zero attached hydrogens (tertiary/aromatic N) is 2. The maximum atomic E-state index is 14.4. The van der Waals surface area contributed by atoms with Crippen LogP contribution in [0.25, 0.3) is 11.8 Å². The fraction of sp³-hybridized carbons (Fsp3) is 0.175. The number of carbonyl (C=O) groups is 1. The lowest BCUT2D eigenvalue weighted by Crippen LogP contribution is -2.40. The van der Waals surface area contributed by atoms with Crippen molar-refractivity contribution in [3.8, 4) is 11.5 Å². The number of esters is 1. The molecule has 0 saturated heterocycles. The molecular formula is C40H34Cl2N2O5S. The van der Waals surface area contributed by atoms with Crippen LogP contribution in [-0.4, -0.2) is 23.8 Å². The fourth-order valence-corrected chi connectivity index (χ4v) is 7.14. The number of allylic oxidation sites excluding steroid dienone is 1. The summed E-state index contributed by atoms with van der Waals surface area (Å²) in [6.07, 6.45) is 4.10. The van der Waals surface area contributed by atoms with Gasteiger partial charge in [0.05, 0.1) is 35.1 Å².